The zero-order valence-electron chi connectivity index (χ0n) is 19.1. The minimum atomic E-state index is -0.344. The van der Waals surface area contributed by atoms with E-state index in [1.165, 1.54) is 18.2 Å². The molecule has 2 atom stereocenters. The molecule has 0 fully saturated rings. The molecule has 0 saturated heterocycles. The Kier molecular flexibility index (Phi) is 12.7. The first-order chi connectivity index (χ1) is 14.4. The Morgan fingerprint density at radius 2 is 1.23 bits per heavy atom. The highest BCUT2D eigenvalue weighted by molar-refractivity contribution is 5.79. The summed E-state index contributed by atoms with van der Waals surface area (Å²) < 4.78 is 10.8. The lowest BCUT2D eigenvalue weighted by atomic mass is 9.99. The number of benzene rings is 1. The topological polar surface area (TPSA) is 69.7 Å². The van der Waals surface area contributed by atoms with Crippen LogP contribution in [-0.2, 0) is 9.59 Å². The number of carbonyl (C=O) groups excluding carboxylic acids is 3. The largest absolute Gasteiger partial charge is 0.426 e. The number of hydrogen-bond acceptors (Lipinski definition) is 5. The van der Waals surface area contributed by atoms with Crippen molar-refractivity contribution in [1.29, 1.82) is 0 Å². The highest BCUT2D eigenvalue weighted by Gasteiger charge is 2.13. The van der Waals surface area contributed by atoms with Crippen molar-refractivity contribution in [2.75, 3.05) is 0 Å². The molecular formula is C25H38O5. The molecule has 1 aromatic carbocycles. The fourth-order valence-electron chi connectivity index (χ4n) is 3.27. The average Bonchev–Trinajstić information content (AvgIpc) is 2.72. The van der Waals surface area contributed by atoms with Crippen LogP contribution in [0.4, 0.5) is 0 Å². The molecule has 0 aliphatic heterocycles. The van der Waals surface area contributed by atoms with Crippen LogP contribution in [0, 0.1) is 11.8 Å². The molecule has 0 aliphatic rings. The van der Waals surface area contributed by atoms with Gasteiger partial charge in [0, 0.05) is 24.5 Å². The van der Waals surface area contributed by atoms with Gasteiger partial charge in [0.1, 0.15) is 17.8 Å². The third-order valence-corrected chi connectivity index (χ3v) is 5.29. The summed E-state index contributed by atoms with van der Waals surface area (Å²) in [7, 11) is 0. The standard InChI is InChI=1S/C25H38O5/c1-5-7-9-19(3)11-13-24(27)29-22-15-21(18-26)16-23(17-22)30-25(28)14-12-20(4)10-8-6-2/h15-20H,5-14H2,1-4H3. The highest BCUT2D eigenvalue weighted by Crippen LogP contribution is 2.24. The van der Waals surface area contributed by atoms with E-state index in [-0.39, 0.29) is 23.4 Å². The van der Waals surface area contributed by atoms with Crippen LogP contribution >= 0.6 is 0 Å². The van der Waals surface area contributed by atoms with Gasteiger partial charge in [-0.25, -0.2) is 0 Å². The molecule has 30 heavy (non-hydrogen) atoms. The zero-order chi connectivity index (χ0) is 22.4. The van der Waals surface area contributed by atoms with Crippen LogP contribution in [0.2, 0.25) is 0 Å². The molecule has 0 heterocycles. The molecule has 168 valence electrons. The van der Waals surface area contributed by atoms with Crippen LogP contribution in [0.3, 0.4) is 0 Å². The van der Waals surface area contributed by atoms with Gasteiger partial charge in [0.15, 0.2) is 0 Å². The molecule has 0 aromatic heterocycles. The normalized spacial score (nSPS) is 12.8. The number of rotatable bonds is 15. The van der Waals surface area contributed by atoms with Crippen molar-refractivity contribution in [2.24, 2.45) is 11.8 Å². The van der Waals surface area contributed by atoms with Gasteiger partial charge in [0.05, 0.1) is 0 Å². The van der Waals surface area contributed by atoms with E-state index in [0.29, 0.717) is 36.5 Å². The molecule has 0 aliphatic carbocycles. The van der Waals surface area contributed by atoms with Crippen molar-refractivity contribution in [3.05, 3.63) is 23.8 Å². The van der Waals surface area contributed by atoms with Gasteiger partial charge in [-0.3, -0.25) is 14.4 Å². The Labute approximate surface area is 181 Å². The summed E-state index contributed by atoms with van der Waals surface area (Å²) >= 11 is 0. The maximum Gasteiger partial charge on any atom is 0.311 e. The zero-order valence-corrected chi connectivity index (χ0v) is 19.1. The molecule has 5 heteroatoms. The van der Waals surface area contributed by atoms with Crippen LogP contribution in [0.5, 0.6) is 11.5 Å². The van der Waals surface area contributed by atoms with Gasteiger partial charge in [0.2, 0.25) is 0 Å². The molecule has 0 N–H and O–H groups in total. The summed E-state index contributed by atoms with van der Waals surface area (Å²) in [5, 5.41) is 0. The molecule has 0 radical (unpaired) electrons. The second kappa shape index (κ2) is 14.8. The van der Waals surface area contributed by atoms with E-state index >= 15 is 0 Å². The number of esters is 2. The SMILES string of the molecule is CCCCC(C)CCC(=O)Oc1cc(C=O)cc(OC(=O)CCC(C)CCCC)c1. The van der Waals surface area contributed by atoms with Crippen molar-refractivity contribution < 1.29 is 23.9 Å². The molecule has 0 amide bonds. The Balaban J connectivity index is 2.60. The smallest absolute Gasteiger partial charge is 0.311 e. The van der Waals surface area contributed by atoms with E-state index < -0.39 is 0 Å². The van der Waals surface area contributed by atoms with Gasteiger partial charge in [0.25, 0.3) is 0 Å². The van der Waals surface area contributed by atoms with Crippen LogP contribution in [0.25, 0.3) is 0 Å². The molecule has 1 aromatic rings. The highest BCUT2D eigenvalue weighted by atomic mass is 16.5. The minimum absolute atomic E-state index is 0.227. The summed E-state index contributed by atoms with van der Waals surface area (Å²) in [6.07, 6.45) is 9.63. The summed E-state index contributed by atoms with van der Waals surface area (Å²) in [6, 6.07) is 4.45. The fourth-order valence-corrected chi connectivity index (χ4v) is 3.27. The molecule has 1 rings (SSSR count). The summed E-state index contributed by atoms with van der Waals surface area (Å²) in [6.45, 7) is 8.57. The molecule has 5 nitrogen and oxygen atoms in total. The summed E-state index contributed by atoms with van der Waals surface area (Å²) in [4.78, 5) is 35.6. The van der Waals surface area contributed by atoms with E-state index in [9.17, 15) is 14.4 Å². The Morgan fingerprint density at radius 1 is 0.800 bits per heavy atom. The lowest BCUT2D eigenvalue weighted by Gasteiger charge is -2.12. The van der Waals surface area contributed by atoms with E-state index in [4.69, 9.17) is 9.47 Å². The molecule has 2 unspecified atom stereocenters. The second-order valence-corrected chi connectivity index (χ2v) is 8.38. The minimum Gasteiger partial charge on any atom is -0.426 e. The summed E-state index contributed by atoms with van der Waals surface area (Å²) in [5.74, 6) is 0.701. The maximum atomic E-state index is 12.2. The van der Waals surface area contributed by atoms with Crippen LogP contribution in [0.15, 0.2) is 18.2 Å². The third kappa shape index (κ3) is 11.1. The Hall–Kier alpha value is -2.17. The molecule has 0 saturated carbocycles. The van der Waals surface area contributed by atoms with Gasteiger partial charge < -0.3 is 9.47 Å². The van der Waals surface area contributed by atoms with Crippen molar-refractivity contribution >= 4 is 18.2 Å². The molecule has 0 bridgehead atoms. The lowest BCUT2D eigenvalue weighted by Crippen LogP contribution is -2.12. The first kappa shape index (κ1) is 25.9. The van der Waals surface area contributed by atoms with E-state index in [2.05, 4.69) is 27.7 Å². The first-order valence-corrected chi connectivity index (χ1v) is 11.4. The predicted molar refractivity (Wildman–Crippen MR) is 119 cm³/mol. The third-order valence-electron chi connectivity index (χ3n) is 5.29. The second-order valence-electron chi connectivity index (χ2n) is 8.38. The van der Waals surface area contributed by atoms with Crippen LogP contribution < -0.4 is 9.47 Å². The van der Waals surface area contributed by atoms with Gasteiger partial charge in [-0.1, -0.05) is 66.2 Å². The van der Waals surface area contributed by atoms with E-state index in [0.717, 1.165) is 51.4 Å². The molecular weight excluding hydrogens is 380 g/mol. The number of hydrogen-bond donors (Lipinski definition) is 0. The van der Waals surface area contributed by atoms with Crippen LogP contribution in [-0.4, -0.2) is 18.2 Å². The van der Waals surface area contributed by atoms with Crippen molar-refractivity contribution in [3.8, 4) is 11.5 Å². The van der Waals surface area contributed by atoms with Crippen molar-refractivity contribution in [2.45, 2.75) is 91.9 Å². The van der Waals surface area contributed by atoms with Gasteiger partial charge >= 0.3 is 11.9 Å². The van der Waals surface area contributed by atoms with E-state index in [1.807, 2.05) is 0 Å². The number of unbranched alkanes of at least 4 members (excludes halogenated alkanes) is 2. The van der Waals surface area contributed by atoms with Gasteiger partial charge in [-0.15, -0.1) is 0 Å². The number of carbonyl (C=O) groups is 3. The lowest BCUT2D eigenvalue weighted by molar-refractivity contribution is -0.135. The maximum absolute atomic E-state index is 12.2. The first-order valence-electron chi connectivity index (χ1n) is 11.4. The Bertz CT molecular complexity index is 617. The van der Waals surface area contributed by atoms with Gasteiger partial charge in [-0.05, 0) is 36.8 Å². The van der Waals surface area contributed by atoms with Crippen molar-refractivity contribution in [3.63, 3.8) is 0 Å². The predicted octanol–water partition coefficient (Wildman–Crippen LogP) is 6.52. The quantitative estimate of drug-likeness (QED) is 0.184. The monoisotopic (exact) mass is 418 g/mol. The average molecular weight is 419 g/mol. The van der Waals surface area contributed by atoms with Gasteiger partial charge in [-0.2, -0.15) is 0 Å². The number of ether oxygens (including phenoxy) is 2. The van der Waals surface area contributed by atoms with Crippen molar-refractivity contribution in [1.82, 2.24) is 0 Å². The van der Waals surface area contributed by atoms with Crippen LogP contribution in [0.1, 0.15) is 102 Å². The number of aldehydes is 1. The summed E-state index contributed by atoms with van der Waals surface area (Å²) in [5.41, 5.74) is 0.302. The fraction of sp³-hybridized carbons (Fsp3) is 0.640. The van der Waals surface area contributed by atoms with E-state index in [1.54, 1.807) is 0 Å². The Morgan fingerprint density at radius 3 is 1.60 bits per heavy atom. The molecule has 0 spiro atoms.